The lowest BCUT2D eigenvalue weighted by molar-refractivity contribution is 0.446. The molecule has 1 atom stereocenters. The second-order valence-corrected chi connectivity index (χ2v) is 6.55. The number of aromatic hydroxyl groups is 2. The minimum atomic E-state index is -0.172. The van der Waals surface area contributed by atoms with E-state index in [0.29, 0.717) is 27.6 Å². The number of phenols is 2. The van der Waals surface area contributed by atoms with Crippen molar-refractivity contribution >= 4 is 28.8 Å². The zero-order valence-corrected chi connectivity index (χ0v) is 15.0. The largest absolute Gasteiger partial charge is 0.508 e. The Labute approximate surface area is 152 Å². The van der Waals surface area contributed by atoms with Gasteiger partial charge in [-0.1, -0.05) is 36.7 Å². The van der Waals surface area contributed by atoms with Crippen molar-refractivity contribution < 1.29 is 10.2 Å². The molecule has 0 saturated carbocycles. The average molecular weight is 366 g/mol. The molecule has 0 amide bonds. The Kier molecular flexibility index (Phi) is 6.55. The van der Waals surface area contributed by atoms with Gasteiger partial charge >= 0.3 is 0 Å². The smallest absolute Gasteiger partial charge is 0.123 e. The fourth-order valence-corrected chi connectivity index (χ4v) is 2.92. The molecule has 2 rings (SSSR count). The summed E-state index contributed by atoms with van der Waals surface area (Å²) in [5, 5.41) is 24.7. The van der Waals surface area contributed by atoms with Crippen LogP contribution in [-0.4, -0.2) is 16.8 Å². The van der Waals surface area contributed by atoms with Crippen molar-refractivity contribution in [2.75, 3.05) is 6.54 Å². The Morgan fingerprint density at radius 2 is 1.71 bits per heavy atom. The zero-order valence-electron chi connectivity index (χ0n) is 13.5. The molecule has 0 spiro atoms. The van der Waals surface area contributed by atoms with Gasteiger partial charge in [0.2, 0.25) is 0 Å². The van der Waals surface area contributed by atoms with Crippen molar-refractivity contribution in [1.82, 2.24) is 5.32 Å². The van der Waals surface area contributed by atoms with Crippen molar-refractivity contribution in [2.24, 2.45) is 0 Å². The van der Waals surface area contributed by atoms with Gasteiger partial charge in [-0.3, -0.25) is 0 Å². The van der Waals surface area contributed by atoms with Gasteiger partial charge in [0.1, 0.15) is 11.5 Å². The molecule has 3 N–H and O–H groups in total. The molecule has 0 aliphatic rings. The molecule has 0 aromatic heterocycles. The van der Waals surface area contributed by atoms with Crippen molar-refractivity contribution in [1.29, 1.82) is 0 Å². The predicted octanol–water partition coefficient (Wildman–Crippen LogP) is 5.55. The molecule has 3 nitrogen and oxygen atoms in total. The van der Waals surface area contributed by atoms with Crippen LogP contribution < -0.4 is 5.32 Å². The molecule has 2 aromatic rings. The molecule has 0 heterocycles. The lowest BCUT2D eigenvalue weighted by Crippen LogP contribution is -2.22. The van der Waals surface area contributed by atoms with E-state index < -0.39 is 0 Å². The van der Waals surface area contributed by atoms with Crippen LogP contribution in [0.2, 0.25) is 10.0 Å². The highest BCUT2D eigenvalue weighted by Crippen LogP contribution is 2.36. The van der Waals surface area contributed by atoms with Gasteiger partial charge in [-0.05, 0) is 61.4 Å². The van der Waals surface area contributed by atoms with Gasteiger partial charge in [-0.15, -0.1) is 0 Å². The molecule has 2 aromatic carbocycles. The summed E-state index contributed by atoms with van der Waals surface area (Å²) in [6, 6.07) is 9.67. The normalized spacial score (nSPS) is 12.1. The molecule has 0 aliphatic carbocycles. The number of hydrogen-bond acceptors (Lipinski definition) is 3. The maximum absolute atomic E-state index is 10.2. The summed E-state index contributed by atoms with van der Waals surface area (Å²) in [6.45, 7) is 6.93. The quantitative estimate of drug-likeness (QED) is 0.602. The predicted molar refractivity (Wildman–Crippen MR) is 101 cm³/mol. The molecule has 0 aliphatic heterocycles. The fraction of sp³-hybridized carbons (Fsp3) is 0.263. The van der Waals surface area contributed by atoms with Gasteiger partial charge in [-0.25, -0.2) is 0 Å². The summed E-state index contributed by atoms with van der Waals surface area (Å²) in [5.74, 6) is 0.310. The van der Waals surface area contributed by atoms with E-state index in [4.69, 9.17) is 23.2 Å². The first kappa shape index (κ1) is 18.7. The third-order valence-corrected chi connectivity index (χ3v) is 4.27. The van der Waals surface area contributed by atoms with E-state index in [0.717, 1.165) is 18.5 Å². The number of rotatable bonds is 7. The van der Waals surface area contributed by atoms with Crippen LogP contribution in [0, 0.1) is 0 Å². The summed E-state index contributed by atoms with van der Waals surface area (Å²) in [4.78, 5) is 0. The van der Waals surface area contributed by atoms with Gasteiger partial charge in [0.25, 0.3) is 0 Å². The molecule has 1 unspecified atom stereocenters. The molecule has 0 fully saturated rings. The average Bonchev–Trinajstić information content (AvgIpc) is 2.55. The van der Waals surface area contributed by atoms with Crippen LogP contribution in [0.3, 0.4) is 0 Å². The lowest BCUT2D eigenvalue weighted by atomic mass is 9.94. The number of nitrogens with one attached hydrogen (secondary N) is 1. The summed E-state index contributed by atoms with van der Waals surface area (Å²) >= 11 is 12.1. The SMILES string of the molecule is C=C(CC(NCCC)c1cc(Cl)ccc1O)c1cc(Cl)ccc1O. The van der Waals surface area contributed by atoms with E-state index in [1.54, 1.807) is 36.4 Å². The van der Waals surface area contributed by atoms with Gasteiger partial charge in [0.15, 0.2) is 0 Å². The van der Waals surface area contributed by atoms with E-state index in [1.807, 2.05) is 0 Å². The van der Waals surface area contributed by atoms with Crippen molar-refractivity contribution in [2.45, 2.75) is 25.8 Å². The van der Waals surface area contributed by atoms with E-state index in [2.05, 4.69) is 18.8 Å². The Morgan fingerprint density at radius 1 is 1.08 bits per heavy atom. The Bertz CT molecular complexity index is 731. The fourth-order valence-electron chi connectivity index (χ4n) is 2.56. The van der Waals surface area contributed by atoms with Gasteiger partial charge in [0.05, 0.1) is 0 Å². The highest BCUT2D eigenvalue weighted by Gasteiger charge is 2.18. The maximum atomic E-state index is 10.2. The second-order valence-electron chi connectivity index (χ2n) is 5.68. The van der Waals surface area contributed by atoms with Crippen molar-refractivity contribution in [3.63, 3.8) is 0 Å². The number of halogens is 2. The summed E-state index contributed by atoms with van der Waals surface area (Å²) in [5.41, 5.74) is 2.04. The molecule has 0 saturated heterocycles. The minimum absolute atomic E-state index is 0.133. The lowest BCUT2D eigenvalue weighted by Gasteiger charge is -2.22. The van der Waals surface area contributed by atoms with E-state index in [9.17, 15) is 10.2 Å². The van der Waals surface area contributed by atoms with Crippen LogP contribution in [0.4, 0.5) is 0 Å². The van der Waals surface area contributed by atoms with Crippen LogP contribution >= 0.6 is 23.2 Å². The molecule has 0 bridgehead atoms. The Balaban J connectivity index is 2.30. The third kappa shape index (κ3) is 4.67. The van der Waals surface area contributed by atoms with E-state index in [-0.39, 0.29) is 17.5 Å². The number of hydrogen-bond donors (Lipinski definition) is 3. The van der Waals surface area contributed by atoms with Crippen LogP contribution in [-0.2, 0) is 0 Å². The van der Waals surface area contributed by atoms with Crippen LogP contribution in [0.5, 0.6) is 11.5 Å². The van der Waals surface area contributed by atoms with Gasteiger partial charge in [0, 0.05) is 27.2 Å². The molecule has 24 heavy (non-hydrogen) atoms. The maximum Gasteiger partial charge on any atom is 0.123 e. The van der Waals surface area contributed by atoms with Crippen molar-refractivity contribution in [3.05, 3.63) is 64.1 Å². The molecular formula is C19H21Cl2NO2. The molecule has 0 radical (unpaired) electrons. The molecular weight excluding hydrogens is 345 g/mol. The monoisotopic (exact) mass is 365 g/mol. The first-order valence-electron chi connectivity index (χ1n) is 7.80. The van der Waals surface area contributed by atoms with E-state index >= 15 is 0 Å². The second kappa shape index (κ2) is 8.43. The zero-order chi connectivity index (χ0) is 17.7. The number of benzene rings is 2. The highest BCUT2D eigenvalue weighted by molar-refractivity contribution is 6.31. The van der Waals surface area contributed by atoms with Crippen LogP contribution in [0.1, 0.15) is 36.9 Å². The highest BCUT2D eigenvalue weighted by atomic mass is 35.5. The summed E-state index contributed by atoms with van der Waals surface area (Å²) < 4.78 is 0. The van der Waals surface area contributed by atoms with Gasteiger partial charge in [-0.2, -0.15) is 0 Å². The molecule has 128 valence electrons. The van der Waals surface area contributed by atoms with E-state index in [1.165, 1.54) is 0 Å². The first-order valence-corrected chi connectivity index (χ1v) is 8.56. The first-order chi connectivity index (χ1) is 11.4. The third-order valence-electron chi connectivity index (χ3n) is 3.80. The molecule has 5 heteroatoms. The minimum Gasteiger partial charge on any atom is -0.508 e. The summed E-state index contributed by atoms with van der Waals surface area (Å²) in [6.07, 6.45) is 1.45. The van der Waals surface area contributed by atoms with Gasteiger partial charge < -0.3 is 15.5 Å². The Hall–Kier alpha value is -1.68. The van der Waals surface area contributed by atoms with Crippen LogP contribution in [0.25, 0.3) is 5.57 Å². The Morgan fingerprint density at radius 3 is 2.38 bits per heavy atom. The van der Waals surface area contributed by atoms with Crippen molar-refractivity contribution in [3.8, 4) is 11.5 Å². The standard InChI is InChI=1S/C19H21Cl2NO2/c1-3-8-22-17(16-11-14(21)5-7-19(16)24)9-12(2)15-10-13(20)4-6-18(15)23/h4-7,10-11,17,22-24H,2-3,8-9H2,1H3. The topological polar surface area (TPSA) is 52.5 Å². The number of phenolic OH excluding ortho intramolecular Hbond substituents is 2. The summed E-state index contributed by atoms with van der Waals surface area (Å²) in [7, 11) is 0. The van der Waals surface area contributed by atoms with Crippen LogP contribution in [0.15, 0.2) is 43.0 Å².